The van der Waals surface area contributed by atoms with Gasteiger partial charge in [-0.15, -0.1) is 0 Å². The van der Waals surface area contributed by atoms with E-state index < -0.39 is 5.82 Å². The highest BCUT2D eigenvalue weighted by Crippen LogP contribution is 2.27. The lowest BCUT2D eigenvalue weighted by Gasteiger charge is -2.04. The summed E-state index contributed by atoms with van der Waals surface area (Å²) in [5.41, 5.74) is 0.845. The molecule has 3 rings (SSSR count). The number of hydrogen-bond donors (Lipinski definition) is 0. The fourth-order valence-corrected chi connectivity index (χ4v) is 2.38. The van der Waals surface area contributed by atoms with Gasteiger partial charge < -0.3 is 0 Å². The third-order valence-corrected chi connectivity index (χ3v) is 3.42. The molecular weight excluding hydrogens is 285 g/mol. The predicted octanol–water partition coefficient (Wildman–Crippen LogP) is 2.96. The largest absolute Gasteiger partial charge is 0.294 e. The number of halogens is 1. The summed E-state index contributed by atoms with van der Waals surface area (Å²) in [6.07, 6.45) is 4.69. The van der Waals surface area contributed by atoms with Gasteiger partial charge in [0.05, 0.1) is 11.1 Å². The van der Waals surface area contributed by atoms with Crippen LogP contribution in [0.1, 0.15) is 34.6 Å². The van der Waals surface area contributed by atoms with Gasteiger partial charge in [-0.2, -0.15) is 0 Å². The molecule has 22 heavy (non-hydrogen) atoms. The Morgan fingerprint density at radius 2 is 1.68 bits per heavy atom. The van der Waals surface area contributed by atoms with Crippen LogP contribution in [0.25, 0.3) is 16.9 Å². The molecule has 2 aromatic heterocycles. The molecule has 1 aromatic carbocycles. The summed E-state index contributed by atoms with van der Waals surface area (Å²) in [5.74, 6) is -0.879. The summed E-state index contributed by atoms with van der Waals surface area (Å²) in [5, 5.41) is 0.433. The van der Waals surface area contributed by atoms with Crippen LogP contribution in [0.5, 0.6) is 0 Å². The second-order valence-electron chi connectivity index (χ2n) is 4.92. The number of Topliss-reactive ketones (excluding diaryl/α,β-unsaturated/α-hetero) is 2. The summed E-state index contributed by atoms with van der Waals surface area (Å²) in [6.45, 7) is 2.70. The molecule has 0 amide bonds. The van der Waals surface area contributed by atoms with Crippen LogP contribution >= 0.6 is 0 Å². The highest BCUT2D eigenvalue weighted by atomic mass is 19.1. The van der Waals surface area contributed by atoms with E-state index in [2.05, 4.69) is 9.97 Å². The quantitative estimate of drug-likeness (QED) is 0.697. The lowest BCUT2D eigenvalue weighted by molar-refractivity contribution is 0.100. The van der Waals surface area contributed by atoms with Gasteiger partial charge in [-0.05, 0) is 32.0 Å². The number of carbonyl (C=O) groups excluding carboxylic acids is 2. The Morgan fingerprint density at radius 3 is 2.27 bits per heavy atom. The number of rotatable bonds is 3. The smallest absolute Gasteiger partial charge is 0.234 e. The molecule has 0 fully saturated rings. The lowest BCUT2D eigenvalue weighted by atomic mass is 10.1. The molecule has 5 nitrogen and oxygen atoms in total. The van der Waals surface area contributed by atoms with Crippen molar-refractivity contribution < 1.29 is 14.0 Å². The van der Waals surface area contributed by atoms with Gasteiger partial charge in [-0.25, -0.2) is 14.4 Å². The predicted molar refractivity (Wildman–Crippen MR) is 78.8 cm³/mol. The molecule has 0 aliphatic carbocycles. The Labute approximate surface area is 125 Å². The van der Waals surface area contributed by atoms with Gasteiger partial charge in [0.2, 0.25) is 5.95 Å². The molecule has 0 N–H and O–H groups in total. The average molecular weight is 297 g/mol. The van der Waals surface area contributed by atoms with Crippen molar-refractivity contribution in [3.8, 4) is 5.95 Å². The zero-order chi connectivity index (χ0) is 15.9. The molecule has 0 aliphatic heterocycles. The van der Waals surface area contributed by atoms with Crippen LogP contribution < -0.4 is 0 Å². The maximum Gasteiger partial charge on any atom is 0.234 e. The number of ketones is 2. The Hall–Kier alpha value is -2.89. The van der Waals surface area contributed by atoms with Gasteiger partial charge in [-0.1, -0.05) is 0 Å². The molecule has 2 heterocycles. The minimum Gasteiger partial charge on any atom is -0.294 e. The van der Waals surface area contributed by atoms with Gasteiger partial charge in [0.15, 0.2) is 11.6 Å². The minimum absolute atomic E-state index is 0.0297. The number of fused-ring (bicyclic) bond motifs is 1. The van der Waals surface area contributed by atoms with Gasteiger partial charge in [0, 0.05) is 29.5 Å². The van der Waals surface area contributed by atoms with E-state index >= 15 is 0 Å². The standard InChI is InChI=1S/C16H12FN3O2/c1-9(21)11-7-15-12(6-14(11)17)13(10(2)22)8-20(15)16-18-4-3-5-19-16/h3-8H,1-2H3. The van der Waals surface area contributed by atoms with E-state index in [0.29, 0.717) is 22.4 Å². The SMILES string of the molecule is CC(=O)c1cc2c(cc1F)c(C(C)=O)cn2-c1ncccn1. The Morgan fingerprint density at radius 1 is 1.05 bits per heavy atom. The molecule has 0 saturated carbocycles. The molecule has 0 saturated heterocycles. The van der Waals surface area contributed by atoms with E-state index in [1.807, 2.05) is 0 Å². The molecule has 0 atom stereocenters. The zero-order valence-electron chi connectivity index (χ0n) is 12.0. The van der Waals surface area contributed by atoms with E-state index in [0.717, 1.165) is 0 Å². The summed E-state index contributed by atoms with van der Waals surface area (Å²) in [7, 11) is 0. The Balaban J connectivity index is 2.40. The fourth-order valence-electron chi connectivity index (χ4n) is 2.38. The van der Waals surface area contributed by atoms with Crippen LogP contribution in [-0.4, -0.2) is 26.1 Å². The highest BCUT2D eigenvalue weighted by molar-refractivity contribution is 6.09. The Bertz CT molecular complexity index is 901. The van der Waals surface area contributed by atoms with Crippen molar-refractivity contribution in [3.05, 3.63) is 53.7 Å². The van der Waals surface area contributed by atoms with Gasteiger partial charge in [0.1, 0.15) is 5.82 Å². The number of hydrogen-bond acceptors (Lipinski definition) is 4. The van der Waals surface area contributed by atoms with Gasteiger partial charge in [0.25, 0.3) is 0 Å². The number of benzene rings is 1. The number of aromatic nitrogens is 3. The topological polar surface area (TPSA) is 64.8 Å². The van der Waals surface area contributed by atoms with Crippen LogP contribution in [-0.2, 0) is 0 Å². The molecule has 0 unspecified atom stereocenters. The third-order valence-electron chi connectivity index (χ3n) is 3.42. The molecule has 0 aliphatic rings. The van der Waals surface area contributed by atoms with Crippen molar-refractivity contribution in [1.29, 1.82) is 0 Å². The highest BCUT2D eigenvalue weighted by Gasteiger charge is 2.18. The first kappa shape index (κ1) is 14.1. The summed E-state index contributed by atoms with van der Waals surface area (Å²) in [4.78, 5) is 31.6. The lowest BCUT2D eigenvalue weighted by Crippen LogP contribution is -2.01. The maximum absolute atomic E-state index is 14.1. The van der Waals surface area contributed by atoms with Crippen molar-refractivity contribution >= 4 is 22.5 Å². The normalized spacial score (nSPS) is 10.9. The second-order valence-corrected chi connectivity index (χ2v) is 4.92. The van der Waals surface area contributed by atoms with E-state index in [-0.39, 0.29) is 17.1 Å². The number of nitrogens with zero attached hydrogens (tertiary/aromatic N) is 3. The van der Waals surface area contributed by atoms with Crippen LogP contribution in [0.15, 0.2) is 36.8 Å². The fraction of sp³-hybridized carbons (Fsp3) is 0.125. The summed E-state index contributed by atoms with van der Waals surface area (Å²) in [6, 6.07) is 4.31. The monoisotopic (exact) mass is 297 g/mol. The first-order valence-corrected chi connectivity index (χ1v) is 6.63. The van der Waals surface area contributed by atoms with Crippen molar-refractivity contribution in [2.45, 2.75) is 13.8 Å². The molecule has 6 heteroatoms. The molecule has 0 spiro atoms. The maximum atomic E-state index is 14.1. The molecule has 3 aromatic rings. The van der Waals surface area contributed by atoms with Crippen LogP contribution in [0.3, 0.4) is 0 Å². The first-order valence-electron chi connectivity index (χ1n) is 6.63. The molecule has 0 bridgehead atoms. The summed E-state index contributed by atoms with van der Waals surface area (Å²) < 4.78 is 15.6. The van der Waals surface area contributed by atoms with Crippen molar-refractivity contribution in [2.24, 2.45) is 0 Å². The van der Waals surface area contributed by atoms with E-state index in [9.17, 15) is 14.0 Å². The van der Waals surface area contributed by atoms with E-state index in [4.69, 9.17) is 0 Å². The van der Waals surface area contributed by atoms with Crippen molar-refractivity contribution in [1.82, 2.24) is 14.5 Å². The van der Waals surface area contributed by atoms with Gasteiger partial charge in [-0.3, -0.25) is 14.2 Å². The first-order chi connectivity index (χ1) is 10.5. The second kappa shape index (κ2) is 5.14. The minimum atomic E-state index is -0.644. The zero-order valence-corrected chi connectivity index (χ0v) is 12.0. The van der Waals surface area contributed by atoms with Crippen molar-refractivity contribution in [3.63, 3.8) is 0 Å². The van der Waals surface area contributed by atoms with Crippen molar-refractivity contribution in [2.75, 3.05) is 0 Å². The molecule has 110 valence electrons. The van der Waals surface area contributed by atoms with Gasteiger partial charge >= 0.3 is 0 Å². The molecular formula is C16H12FN3O2. The van der Waals surface area contributed by atoms with Crippen LogP contribution in [0.2, 0.25) is 0 Å². The van der Waals surface area contributed by atoms with E-state index in [1.54, 1.807) is 29.2 Å². The number of carbonyl (C=O) groups is 2. The molecule has 0 radical (unpaired) electrons. The Kier molecular flexibility index (Phi) is 3.29. The third kappa shape index (κ3) is 2.18. The summed E-state index contributed by atoms with van der Waals surface area (Å²) >= 11 is 0. The van der Waals surface area contributed by atoms with Crippen LogP contribution in [0.4, 0.5) is 4.39 Å². The average Bonchev–Trinajstić information content (AvgIpc) is 2.85. The van der Waals surface area contributed by atoms with Crippen LogP contribution in [0, 0.1) is 5.82 Å². The van der Waals surface area contributed by atoms with E-state index in [1.165, 1.54) is 26.0 Å².